The summed E-state index contributed by atoms with van der Waals surface area (Å²) in [7, 11) is 0. The van der Waals surface area contributed by atoms with Crippen LogP contribution in [0, 0.1) is 6.92 Å². The van der Waals surface area contributed by atoms with Crippen molar-refractivity contribution >= 4 is 5.97 Å². The quantitative estimate of drug-likeness (QED) is 0.625. The number of carbonyl (C=O) groups excluding carboxylic acids is 1. The number of imidazole rings is 1. The van der Waals surface area contributed by atoms with Crippen LogP contribution in [0.3, 0.4) is 0 Å². The van der Waals surface area contributed by atoms with E-state index in [9.17, 15) is 4.79 Å². The molecule has 0 aliphatic carbocycles. The highest BCUT2D eigenvalue weighted by molar-refractivity contribution is 5.90. The third-order valence-electron chi connectivity index (χ3n) is 3.99. The predicted octanol–water partition coefficient (Wildman–Crippen LogP) is 4.47. The Morgan fingerprint density at radius 3 is 2.32 bits per heavy atom. The standard InChI is InChI=1S/C21H22N2O2/c1-3-14-25-21(24)19-16(2)22-20(18-12-8-5-9-13-18)23(19)15-17-10-6-4-7-11-17/h4-13H,3,14-15H2,1-2H3. The number of hydrogen-bond donors (Lipinski definition) is 0. The van der Waals surface area contributed by atoms with Gasteiger partial charge in [-0.25, -0.2) is 9.78 Å². The molecule has 1 aromatic heterocycles. The minimum Gasteiger partial charge on any atom is -0.461 e. The van der Waals surface area contributed by atoms with Gasteiger partial charge in [0.25, 0.3) is 0 Å². The number of rotatable bonds is 6. The van der Waals surface area contributed by atoms with Crippen molar-refractivity contribution in [1.82, 2.24) is 9.55 Å². The molecule has 25 heavy (non-hydrogen) atoms. The minimum atomic E-state index is -0.315. The van der Waals surface area contributed by atoms with Gasteiger partial charge in [-0.15, -0.1) is 0 Å². The van der Waals surface area contributed by atoms with Crippen LogP contribution in [0.15, 0.2) is 60.7 Å². The molecule has 1 heterocycles. The number of benzene rings is 2. The average Bonchev–Trinajstić information content (AvgIpc) is 2.97. The lowest BCUT2D eigenvalue weighted by molar-refractivity contribution is 0.0492. The average molecular weight is 334 g/mol. The topological polar surface area (TPSA) is 44.1 Å². The van der Waals surface area contributed by atoms with Crippen LogP contribution >= 0.6 is 0 Å². The van der Waals surface area contributed by atoms with Crippen LogP contribution < -0.4 is 0 Å². The molecule has 2 aromatic carbocycles. The lowest BCUT2D eigenvalue weighted by atomic mass is 10.2. The van der Waals surface area contributed by atoms with E-state index in [0.717, 1.165) is 23.4 Å². The van der Waals surface area contributed by atoms with Gasteiger partial charge in [-0.3, -0.25) is 0 Å². The Morgan fingerprint density at radius 1 is 1.04 bits per heavy atom. The Hall–Kier alpha value is -2.88. The summed E-state index contributed by atoms with van der Waals surface area (Å²) >= 11 is 0. The first kappa shape index (κ1) is 17.0. The van der Waals surface area contributed by atoms with Crippen LogP contribution in [0.5, 0.6) is 0 Å². The maximum atomic E-state index is 12.6. The van der Waals surface area contributed by atoms with Gasteiger partial charge < -0.3 is 9.30 Å². The normalized spacial score (nSPS) is 10.6. The molecule has 4 nitrogen and oxygen atoms in total. The van der Waals surface area contributed by atoms with Gasteiger partial charge in [0.2, 0.25) is 0 Å². The molecular weight excluding hydrogens is 312 g/mol. The summed E-state index contributed by atoms with van der Waals surface area (Å²) in [6.45, 7) is 4.82. The predicted molar refractivity (Wildman–Crippen MR) is 98.5 cm³/mol. The Bertz CT molecular complexity index is 839. The van der Waals surface area contributed by atoms with Crippen molar-refractivity contribution in [3.63, 3.8) is 0 Å². The van der Waals surface area contributed by atoms with E-state index in [1.807, 2.05) is 79.1 Å². The highest BCUT2D eigenvalue weighted by Gasteiger charge is 2.22. The highest BCUT2D eigenvalue weighted by Crippen LogP contribution is 2.24. The lowest BCUT2D eigenvalue weighted by Gasteiger charge is -2.12. The van der Waals surface area contributed by atoms with Crippen molar-refractivity contribution in [3.05, 3.63) is 77.6 Å². The van der Waals surface area contributed by atoms with Gasteiger partial charge >= 0.3 is 5.97 Å². The fraction of sp³-hybridized carbons (Fsp3) is 0.238. The van der Waals surface area contributed by atoms with E-state index >= 15 is 0 Å². The number of ether oxygens (including phenoxy) is 1. The number of aromatic nitrogens is 2. The van der Waals surface area contributed by atoms with Crippen molar-refractivity contribution in [2.75, 3.05) is 6.61 Å². The second-order valence-corrected chi connectivity index (χ2v) is 5.94. The lowest BCUT2D eigenvalue weighted by Crippen LogP contribution is -2.15. The first-order valence-electron chi connectivity index (χ1n) is 8.54. The van der Waals surface area contributed by atoms with E-state index in [1.165, 1.54) is 0 Å². The SMILES string of the molecule is CCCOC(=O)c1c(C)nc(-c2ccccc2)n1Cc1ccccc1. The minimum absolute atomic E-state index is 0.315. The molecule has 0 saturated carbocycles. The number of esters is 1. The van der Waals surface area contributed by atoms with Gasteiger partial charge in [0.05, 0.1) is 12.3 Å². The molecule has 0 N–H and O–H groups in total. The molecule has 0 fully saturated rings. The monoisotopic (exact) mass is 334 g/mol. The van der Waals surface area contributed by atoms with Gasteiger partial charge in [0.1, 0.15) is 5.82 Å². The van der Waals surface area contributed by atoms with E-state index in [2.05, 4.69) is 4.98 Å². The van der Waals surface area contributed by atoms with Gasteiger partial charge in [-0.05, 0) is 18.9 Å². The maximum Gasteiger partial charge on any atom is 0.356 e. The number of aryl methyl sites for hydroxylation is 1. The summed E-state index contributed by atoms with van der Waals surface area (Å²) in [4.78, 5) is 17.3. The highest BCUT2D eigenvalue weighted by atomic mass is 16.5. The Balaban J connectivity index is 2.08. The third-order valence-corrected chi connectivity index (χ3v) is 3.99. The maximum absolute atomic E-state index is 12.6. The second-order valence-electron chi connectivity index (χ2n) is 5.94. The molecule has 4 heteroatoms. The third kappa shape index (κ3) is 3.79. The Kier molecular flexibility index (Phi) is 5.29. The summed E-state index contributed by atoms with van der Waals surface area (Å²) in [5.74, 6) is 0.468. The van der Waals surface area contributed by atoms with Gasteiger partial charge in [0.15, 0.2) is 5.69 Å². The summed E-state index contributed by atoms with van der Waals surface area (Å²) < 4.78 is 7.34. The van der Waals surface area contributed by atoms with Crippen LogP contribution in [-0.2, 0) is 11.3 Å². The molecule has 0 aliphatic rings. The van der Waals surface area contributed by atoms with Crippen molar-refractivity contribution in [2.24, 2.45) is 0 Å². The van der Waals surface area contributed by atoms with Crippen molar-refractivity contribution < 1.29 is 9.53 Å². The largest absolute Gasteiger partial charge is 0.461 e. The molecule has 0 unspecified atom stereocenters. The van der Waals surface area contributed by atoms with Crippen molar-refractivity contribution in [1.29, 1.82) is 0 Å². The van der Waals surface area contributed by atoms with E-state index in [4.69, 9.17) is 4.74 Å². The summed E-state index contributed by atoms with van der Waals surface area (Å²) in [5.41, 5.74) is 3.31. The zero-order valence-electron chi connectivity index (χ0n) is 14.6. The zero-order valence-corrected chi connectivity index (χ0v) is 14.6. The van der Waals surface area contributed by atoms with Gasteiger partial charge in [-0.1, -0.05) is 67.6 Å². The van der Waals surface area contributed by atoms with E-state index in [0.29, 0.717) is 24.5 Å². The molecular formula is C21H22N2O2. The molecule has 0 atom stereocenters. The van der Waals surface area contributed by atoms with E-state index in [1.54, 1.807) is 0 Å². The molecule has 0 spiro atoms. The number of nitrogens with zero attached hydrogens (tertiary/aromatic N) is 2. The molecule has 0 amide bonds. The number of carbonyl (C=O) groups is 1. The molecule has 3 aromatic rings. The van der Waals surface area contributed by atoms with Crippen LogP contribution in [0.4, 0.5) is 0 Å². The summed E-state index contributed by atoms with van der Waals surface area (Å²) in [6, 6.07) is 20.0. The molecule has 0 aliphatic heterocycles. The molecule has 0 radical (unpaired) electrons. The van der Waals surface area contributed by atoms with Crippen molar-refractivity contribution in [3.8, 4) is 11.4 Å². The van der Waals surface area contributed by atoms with Gasteiger partial charge in [-0.2, -0.15) is 0 Å². The van der Waals surface area contributed by atoms with Crippen LogP contribution in [0.25, 0.3) is 11.4 Å². The van der Waals surface area contributed by atoms with Gasteiger partial charge in [0, 0.05) is 12.1 Å². The zero-order chi connectivity index (χ0) is 17.6. The first-order chi connectivity index (χ1) is 12.2. The molecule has 3 rings (SSSR count). The fourth-order valence-electron chi connectivity index (χ4n) is 2.82. The fourth-order valence-corrected chi connectivity index (χ4v) is 2.82. The van der Waals surface area contributed by atoms with Crippen LogP contribution in [-0.4, -0.2) is 22.1 Å². The molecule has 128 valence electrons. The Morgan fingerprint density at radius 2 is 1.68 bits per heavy atom. The number of hydrogen-bond acceptors (Lipinski definition) is 3. The van der Waals surface area contributed by atoms with Crippen molar-refractivity contribution in [2.45, 2.75) is 26.8 Å². The smallest absolute Gasteiger partial charge is 0.356 e. The van der Waals surface area contributed by atoms with Crippen LogP contribution in [0.2, 0.25) is 0 Å². The first-order valence-corrected chi connectivity index (χ1v) is 8.54. The molecule has 0 saturated heterocycles. The summed E-state index contributed by atoms with van der Waals surface area (Å²) in [5, 5.41) is 0. The van der Waals surface area contributed by atoms with E-state index in [-0.39, 0.29) is 5.97 Å². The second kappa shape index (κ2) is 7.79. The molecule has 0 bridgehead atoms. The van der Waals surface area contributed by atoms with E-state index < -0.39 is 0 Å². The summed E-state index contributed by atoms with van der Waals surface area (Å²) in [6.07, 6.45) is 0.795. The van der Waals surface area contributed by atoms with Crippen LogP contribution in [0.1, 0.15) is 35.1 Å². The Labute approximate surface area is 148 Å².